The van der Waals surface area contributed by atoms with Gasteiger partial charge >= 0.3 is 12.0 Å². The third-order valence-corrected chi connectivity index (χ3v) is 6.25. The molecule has 0 atom stereocenters. The van der Waals surface area contributed by atoms with Crippen LogP contribution in [0.3, 0.4) is 0 Å². The van der Waals surface area contributed by atoms with Gasteiger partial charge in [-0.25, -0.2) is 9.59 Å². The van der Waals surface area contributed by atoms with E-state index in [9.17, 15) is 9.59 Å². The number of benzene rings is 2. The summed E-state index contributed by atoms with van der Waals surface area (Å²) in [6.07, 6.45) is 2.00. The predicted octanol–water partition coefficient (Wildman–Crippen LogP) is 6.07. The highest BCUT2D eigenvalue weighted by atomic mass is 32.2. The molecule has 3 rings (SSSR count). The van der Waals surface area contributed by atoms with Crippen LogP contribution in [0.15, 0.2) is 53.4 Å². The number of esters is 1. The highest BCUT2D eigenvalue weighted by molar-refractivity contribution is 7.98. The molecule has 2 amide bonds. The van der Waals surface area contributed by atoms with E-state index in [0.717, 1.165) is 33.0 Å². The number of thioether (sulfide) groups is 1. The number of nitrogens with one attached hydrogen (secondary N) is 2. The van der Waals surface area contributed by atoms with Crippen LogP contribution in [0.5, 0.6) is 0 Å². The van der Waals surface area contributed by atoms with Crippen molar-refractivity contribution in [2.45, 2.75) is 45.7 Å². The molecule has 1 aromatic heterocycles. The second-order valence-electron chi connectivity index (χ2n) is 7.95. The fourth-order valence-electron chi connectivity index (χ4n) is 3.64. The molecule has 0 spiro atoms. The number of anilines is 1. The second kappa shape index (κ2) is 11.1. The Morgan fingerprint density at radius 2 is 1.79 bits per heavy atom. The molecule has 0 radical (unpaired) electrons. The minimum atomic E-state index is -0.382. The number of hydrogen-bond donors (Lipinski definition) is 2. The van der Waals surface area contributed by atoms with E-state index in [1.165, 1.54) is 5.56 Å². The average Bonchev–Trinajstić information content (AvgIpc) is 3.08. The first-order valence-corrected chi connectivity index (χ1v) is 12.2. The van der Waals surface area contributed by atoms with Gasteiger partial charge in [0.1, 0.15) is 5.69 Å². The summed E-state index contributed by atoms with van der Waals surface area (Å²) in [6, 6.07) is 15.7. The van der Waals surface area contributed by atoms with E-state index in [2.05, 4.69) is 10.3 Å². The zero-order chi connectivity index (χ0) is 24.0. The van der Waals surface area contributed by atoms with E-state index in [0.29, 0.717) is 25.4 Å². The van der Waals surface area contributed by atoms with Crippen molar-refractivity contribution in [1.29, 1.82) is 0 Å². The van der Waals surface area contributed by atoms with Crippen molar-refractivity contribution < 1.29 is 14.3 Å². The Labute approximate surface area is 199 Å². The van der Waals surface area contributed by atoms with E-state index in [1.54, 1.807) is 23.6 Å². The number of urea groups is 1. The van der Waals surface area contributed by atoms with E-state index >= 15 is 0 Å². The summed E-state index contributed by atoms with van der Waals surface area (Å²) < 4.78 is 5.17. The third kappa shape index (κ3) is 6.20. The standard InChI is InChI=1S/C26H31N3O3S/c1-6-32-25(30)24-18(3)23(19(4)27-24)16-29(15-20-12-10-17(2)11-13-20)26(31)28-21-8-7-9-22(14-21)33-5/h7-14,27H,6,15-16H2,1-5H3,(H,28,31). The number of H-pyrrole nitrogens is 1. The maximum Gasteiger partial charge on any atom is 0.355 e. The molecule has 1 heterocycles. The summed E-state index contributed by atoms with van der Waals surface area (Å²) in [5.74, 6) is -0.382. The number of rotatable bonds is 8. The molecule has 7 heteroatoms. The van der Waals surface area contributed by atoms with Crippen molar-refractivity contribution >= 4 is 29.4 Å². The minimum absolute atomic E-state index is 0.202. The Morgan fingerprint density at radius 3 is 2.45 bits per heavy atom. The Morgan fingerprint density at radius 1 is 1.06 bits per heavy atom. The minimum Gasteiger partial charge on any atom is -0.461 e. The molecular formula is C26H31N3O3S. The Kier molecular flexibility index (Phi) is 8.22. The third-order valence-electron chi connectivity index (χ3n) is 5.52. The van der Waals surface area contributed by atoms with Gasteiger partial charge in [0.25, 0.3) is 0 Å². The molecule has 3 aromatic rings. The molecule has 174 valence electrons. The van der Waals surface area contributed by atoms with Crippen molar-refractivity contribution in [2.24, 2.45) is 0 Å². The molecular weight excluding hydrogens is 434 g/mol. The van der Waals surface area contributed by atoms with Crippen LogP contribution in [-0.4, -0.2) is 34.7 Å². The van der Waals surface area contributed by atoms with Gasteiger partial charge in [-0.3, -0.25) is 0 Å². The number of aromatic amines is 1. The summed E-state index contributed by atoms with van der Waals surface area (Å²) in [7, 11) is 0. The van der Waals surface area contributed by atoms with Crippen molar-refractivity contribution in [3.63, 3.8) is 0 Å². The second-order valence-corrected chi connectivity index (χ2v) is 8.83. The lowest BCUT2D eigenvalue weighted by Crippen LogP contribution is -2.34. The number of ether oxygens (including phenoxy) is 1. The van der Waals surface area contributed by atoms with Gasteiger partial charge in [0.2, 0.25) is 0 Å². The zero-order valence-electron chi connectivity index (χ0n) is 19.8. The van der Waals surface area contributed by atoms with Gasteiger partial charge in [-0.2, -0.15) is 0 Å². The molecule has 0 bridgehead atoms. The molecule has 6 nitrogen and oxygen atoms in total. The van der Waals surface area contributed by atoms with Crippen LogP contribution in [0, 0.1) is 20.8 Å². The summed E-state index contributed by atoms with van der Waals surface area (Å²) in [4.78, 5) is 31.7. The quantitative estimate of drug-likeness (QED) is 0.313. The molecule has 0 aliphatic rings. The van der Waals surface area contributed by atoms with Gasteiger partial charge < -0.3 is 19.9 Å². The van der Waals surface area contributed by atoms with Crippen LogP contribution in [0.4, 0.5) is 10.5 Å². The summed E-state index contributed by atoms with van der Waals surface area (Å²) in [5.41, 5.74) is 5.95. The monoisotopic (exact) mass is 465 g/mol. The van der Waals surface area contributed by atoms with Gasteiger partial charge in [0.05, 0.1) is 6.61 Å². The summed E-state index contributed by atoms with van der Waals surface area (Å²) >= 11 is 1.63. The first-order valence-electron chi connectivity index (χ1n) is 10.9. The molecule has 2 aromatic carbocycles. The molecule has 2 N–H and O–H groups in total. The van der Waals surface area contributed by atoms with Gasteiger partial charge in [-0.05, 0) is 68.8 Å². The fraction of sp³-hybridized carbons (Fsp3) is 0.308. The van der Waals surface area contributed by atoms with Crippen LogP contribution < -0.4 is 5.32 Å². The van der Waals surface area contributed by atoms with Crippen LogP contribution in [0.2, 0.25) is 0 Å². The predicted molar refractivity (Wildman–Crippen MR) is 134 cm³/mol. The molecule has 0 fully saturated rings. The maximum absolute atomic E-state index is 13.4. The summed E-state index contributed by atoms with van der Waals surface area (Å²) in [6.45, 7) is 8.72. The first kappa shape index (κ1) is 24.5. The number of aromatic nitrogens is 1. The number of aryl methyl sites for hydroxylation is 2. The smallest absolute Gasteiger partial charge is 0.355 e. The molecule has 0 unspecified atom stereocenters. The van der Waals surface area contributed by atoms with E-state index in [-0.39, 0.29) is 12.0 Å². The van der Waals surface area contributed by atoms with Crippen LogP contribution in [-0.2, 0) is 17.8 Å². The van der Waals surface area contributed by atoms with Crippen LogP contribution in [0.25, 0.3) is 0 Å². The van der Waals surface area contributed by atoms with Crippen LogP contribution in [0.1, 0.15) is 45.4 Å². The normalized spacial score (nSPS) is 10.7. The van der Waals surface area contributed by atoms with E-state index < -0.39 is 0 Å². The number of hydrogen-bond acceptors (Lipinski definition) is 4. The maximum atomic E-state index is 13.4. The van der Waals surface area contributed by atoms with Crippen molar-refractivity contribution in [3.8, 4) is 0 Å². The van der Waals surface area contributed by atoms with Gasteiger partial charge in [-0.15, -0.1) is 11.8 Å². The molecule has 0 saturated carbocycles. The van der Waals surface area contributed by atoms with Gasteiger partial charge in [-0.1, -0.05) is 35.9 Å². The number of carbonyl (C=O) groups excluding carboxylic acids is 2. The van der Waals surface area contributed by atoms with Crippen molar-refractivity contribution in [3.05, 3.63) is 82.2 Å². The average molecular weight is 466 g/mol. The van der Waals surface area contributed by atoms with Crippen molar-refractivity contribution in [1.82, 2.24) is 9.88 Å². The highest BCUT2D eigenvalue weighted by Gasteiger charge is 2.22. The Hall–Kier alpha value is -3.19. The number of carbonyl (C=O) groups is 2. The van der Waals surface area contributed by atoms with E-state index in [1.807, 2.05) is 75.6 Å². The molecule has 0 saturated heterocycles. The van der Waals surface area contributed by atoms with E-state index in [4.69, 9.17) is 4.74 Å². The Bertz CT molecular complexity index is 1120. The van der Waals surface area contributed by atoms with Crippen LogP contribution >= 0.6 is 11.8 Å². The molecule has 0 aliphatic heterocycles. The lowest BCUT2D eigenvalue weighted by atomic mass is 10.1. The number of amides is 2. The van der Waals surface area contributed by atoms with Gasteiger partial charge in [0.15, 0.2) is 0 Å². The molecule has 33 heavy (non-hydrogen) atoms. The van der Waals surface area contributed by atoms with Crippen molar-refractivity contribution in [2.75, 3.05) is 18.2 Å². The topological polar surface area (TPSA) is 74.4 Å². The Balaban J connectivity index is 1.89. The lowest BCUT2D eigenvalue weighted by molar-refractivity contribution is 0.0519. The molecule has 0 aliphatic carbocycles. The zero-order valence-corrected chi connectivity index (χ0v) is 20.6. The fourth-order valence-corrected chi connectivity index (χ4v) is 4.10. The summed E-state index contributed by atoms with van der Waals surface area (Å²) in [5, 5.41) is 3.03. The van der Waals surface area contributed by atoms with Gasteiger partial charge in [0, 0.05) is 29.4 Å². The number of nitrogens with zero attached hydrogens (tertiary/aromatic N) is 1. The highest BCUT2D eigenvalue weighted by Crippen LogP contribution is 2.24. The largest absolute Gasteiger partial charge is 0.461 e. The first-order chi connectivity index (χ1) is 15.8. The SMILES string of the molecule is CCOC(=O)c1[nH]c(C)c(CN(Cc2ccc(C)cc2)C(=O)Nc2cccc(SC)c2)c1C. The lowest BCUT2D eigenvalue weighted by Gasteiger charge is -2.24.